The van der Waals surface area contributed by atoms with Crippen molar-refractivity contribution in [3.05, 3.63) is 63.3 Å². The third-order valence-electron chi connectivity index (χ3n) is 2.27. The quantitative estimate of drug-likeness (QED) is 0.726. The maximum atomic E-state index is 5.84. The zero-order chi connectivity index (χ0) is 10.7. The van der Waals surface area contributed by atoms with Gasteiger partial charge >= 0.3 is 0 Å². The zero-order valence-electron chi connectivity index (χ0n) is 8.24. The van der Waals surface area contributed by atoms with Gasteiger partial charge in [-0.1, -0.05) is 36.4 Å². The third kappa shape index (κ3) is 2.49. The van der Waals surface area contributed by atoms with Gasteiger partial charge in [0.15, 0.2) is 0 Å². The van der Waals surface area contributed by atoms with Gasteiger partial charge in [0.25, 0.3) is 0 Å². The average molecular weight is 235 g/mol. The van der Waals surface area contributed by atoms with E-state index in [9.17, 15) is 0 Å². The van der Waals surface area contributed by atoms with Crippen molar-refractivity contribution in [1.82, 2.24) is 0 Å². The summed E-state index contributed by atoms with van der Waals surface area (Å²) < 4.78 is 0. The first kappa shape index (κ1) is 10.5. The molecule has 0 saturated carbocycles. The van der Waals surface area contributed by atoms with Crippen molar-refractivity contribution < 1.29 is 0 Å². The summed E-state index contributed by atoms with van der Waals surface area (Å²) in [6, 6.07) is 10.1. The molecule has 1 heterocycles. The molecule has 2 heteroatoms. The lowest BCUT2D eigenvalue weighted by molar-refractivity contribution is 1.21. The van der Waals surface area contributed by atoms with Crippen LogP contribution in [0.15, 0.2) is 42.3 Å². The first-order valence-electron chi connectivity index (χ1n) is 4.73. The van der Waals surface area contributed by atoms with Crippen LogP contribution in [0.5, 0.6) is 0 Å². The molecule has 0 aliphatic rings. The highest BCUT2D eigenvalue weighted by Crippen LogP contribution is 2.21. The van der Waals surface area contributed by atoms with Crippen LogP contribution in [0.2, 0.25) is 5.02 Å². The summed E-state index contributed by atoms with van der Waals surface area (Å²) in [5.41, 5.74) is 2.61. The molecule has 0 nitrogen and oxygen atoms in total. The van der Waals surface area contributed by atoms with Crippen LogP contribution < -0.4 is 0 Å². The van der Waals surface area contributed by atoms with E-state index in [1.165, 1.54) is 16.0 Å². The molecular weight excluding hydrogens is 224 g/mol. The van der Waals surface area contributed by atoms with E-state index in [1.807, 2.05) is 18.2 Å². The topological polar surface area (TPSA) is 0 Å². The molecule has 0 saturated heterocycles. The lowest BCUT2D eigenvalue weighted by Gasteiger charge is -2.01. The highest BCUT2D eigenvalue weighted by atomic mass is 35.5. The van der Waals surface area contributed by atoms with E-state index in [1.54, 1.807) is 11.3 Å². The van der Waals surface area contributed by atoms with E-state index in [-0.39, 0.29) is 0 Å². The molecule has 0 fully saturated rings. The van der Waals surface area contributed by atoms with E-state index in [4.69, 9.17) is 11.6 Å². The summed E-state index contributed by atoms with van der Waals surface area (Å²) in [6.07, 6.45) is 2.86. The smallest absolute Gasteiger partial charge is 0.0406 e. The number of hydrogen-bond donors (Lipinski definition) is 0. The van der Waals surface area contributed by atoms with Crippen molar-refractivity contribution in [3.63, 3.8) is 0 Å². The SMILES string of the molecule is C=Cc1sccc1Cc1ccc(Cl)cc1. The lowest BCUT2D eigenvalue weighted by atomic mass is 10.1. The summed E-state index contributed by atoms with van der Waals surface area (Å²) in [5, 5.41) is 2.88. The normalized spacial score (nSPS) is 10.2. The highest BCUT2D eigenvalue weighted by molar-refractivity contribution is 7.11. The molecule has 0 amide bonds. The highest BCUT2D eigenvalue weighted by Gasteiger charge is 2.02. The first-order valence-corrected chi connectivity index (χ1v) is 5.98. The van der Waals surface area contributed by atoms with Crippen molar-refractivity contribution in [2.75, 3.05) is 0 Å². The van der Waals surface area contributed by atoms with Gasteiger partial charge in [0.2, 0.25) is 0 Å². The summed E-state index contributed by atoms with van der Waals surface area (Å²) >= 11 is 7.57. The van der Waals surface area contributed by atoms with E-state index >= 15 is 0 Å². The van der Waals surface area contributed by atoms with Crippen LogP contribution in [0.25, 0.3) is 6.08 Å². The van der Waals surface area contributed by atoms with Crippen molar-refractivity contribution in [2.24, 2.45) is 0 Å². The second kappa shape index (κ2) is 4.65. The fourth-order valence-corrected chi connectivity index (χ4v) is 2.39. The monoisotopic (exact) mass is 234 g/mol. The molecule has 0 aliphatic carbocycles. The predicted octanol–water partition coefficient (Wildman–Crippen LogP) is 4.64. The largest absolute Gasteiger partial charge is 0.144 e. The van der Waals surface area contributed by atoms with E-state index in [2.05, 4.69) is 30.2 Å². The van der Waals surface area contributed by atoms with Crippen LogP contribution in [0.4, 0.5) is 0 Å². The van der Waals surface area contributed by atoms with Gasteiger partial charge in [-0.3, -0.25) is 0 Å². The van der Waals surface area contributed by atoms with Crippen LogP contribution in [-0.2, 0) is 6.42 Å². The summed E-state index contributed by atoms with van der Waals surface area (Å²) in [5.74, 6) is 0. The van der Waals surface area contributed by atoms with Gasteiger partial charge in [0.1, 0.15) is 0 Å². The van der Waals surface area contributed by atoms with Gasteiger partial charge in [-0.25, -0.2) is 0 Å². The maximum absolute atomic E-state index is 5.84. The van der Waals surface area contributed by atoms with Crippen LogP contribution in [0.1, 0.15) is 16.0 Å². The molecule has 0 bridgehead atoms. The first-order chi connectivity index (χ1) is 7.29. The van der Waals surface area contributed by atoms with Crippen molar-refractivity contribution in [3.8, 4) is 0 Å². The number of rotatable bonds is 3. The molecule has 2 aromatic rings. The molecule has 1 aromatic carbocycles. The second-order valence-electron chi connectivity index (χ2n) is 3.32. The van der Waals surface area contributed by atoms with Gasteiger partial charge in [-0.15, -0.1) is 11.3 Å². The standard InChI is InChI=1S/C13H11ClS/c1-2-13-11(7-8-15-13)9-10-3-5-12(14)6-4-10/h2-8H,1,9H2. The number of benzene rings is 1. The molecule has 0 atom stereocenters. The van der Waals surface area contributed by atoms with E-state index in [0.29, 0.717) is 0 Å². The Bertz CT molecular complexity index is 454. The van der Waals surface area contributed by atoms with Crippen molar-refractivity contribution >= 4 is 29.0 Å². The van der Waals surface area contributed by atoms with Gasteiger partial charge < -0.3 is 0 Å². The van der Waals surface area contributed by atoms with Gasteiger partial charge in [-0.05, 0) is 41.1 Å². The predicted molar refractivity (Wildman–Crippen MR) is 68.7 cm³/mol. The minimum absolute atomic E-state index is 0.785. The molecule has 0 aliphatic heterocycles. The van der Waals surface area contributed by atoms with Crippen LogP contribution in [-0.4, -0.2) is 0 Å². The fraction of sp³-hybridized carbons (Fsp3) is 0.0769. The molecule has 15 heavy (non-hydrogen) atoms. The Balaban J connectivity index is 2.21. The molecule has 0 spiro atoms. The Morgan fingerprint density at radius 2 is 1.93 bits per heavy atom. The number of halogens is 1. The number of thiophene rings is 1. The molecule has 0 N–H and O–H groups in total. The molecule has 1 aromatic heterocycles. The Kier molecular flexibility index (Phi) is 3.24. The van der Waals surface area contributed by atoms with Crippen LogP contribution >= 0.6 is 22.9 Å². The molecule has 76 valence electrons. The van der Waals surface area contributed by atoms with Gasteiger partial charge in [-0.2, -0.15) is 0 Å². The van der Waals surface area contributed by atoms with Gasteiger partial charge in [0.05, 0.1) is 0 Å². The van der Waals surface area contributed by atoms with E-state index < -0.39 is 0 Å². The summed E-state index contributed by atoms with van der Waals surface area (Å²) in [6.45, 7) is 3.81. The number of hydrogen-bond acceptors (Lipinski definition) is 1. The van der Waals surface area contributed by atoms with Crippen LogP contribution in [0, 0.1) is 0 Å². The zero-order valence-corrected chi connectivity index (χ0v) is 9.81. The Labute approximate surface area is 98.8 Å². The molecular formula is C13H11ClS. The summed E-state index contributed by atoms with van der Waals surface area (Å²) in [4.78, 5) is 1.25. The van der Waals surface area contributed by atoms with Crippen molar-refractivity contribution in [1.29, 1.82) is 0 Å². The molecule has 0 unspecified atom stereocenters. The minimum atomic E-state index is 0.785. The molecule has 0 radical (unpaired) electrons. The Morgan fingerprint density at radius 1 is 1.20 bits per heavy atom. The van der Waals surface area contributed by atoms with Crippen LogP contribution in [0.3, 0.4) is 0 Å². The Morgan fingerprint density at radius 3 is 2.60 bits per heavy atom. The molecule has 2 rings (SSSR count). The average Bonchev–Trinajstić information content (AvgIpc) is 2.69. The van der Waals surface area contributed by atoms with Gasteiger partial charge in [0, 0.05) is 9.90 Å². The van der Waals surface area contributed by atoms with E-state index in [0.717, 1.165) is 11.4 Å². The summed E-state index contributed by atoms with van der Waals surface area (Å²) in [7, 11) is 0. The maximum Gasteiger partial charge on any atom is 0.0406 e. The lowest BCUT2D eigenvalue weighted by Crippen LogP contribution is -1.86. The fourth-order valence-electron chi connectivity index (χ4n) is 1.49. The Hall–Kier alpha value is -1.05. The van der Waals surface area contributed by atoms with Crippen molar-refractivity contribution in [2.45, 2.75) is 6.42 Å². The minimum Gasteiger partial charge on any atom is -0.144 e. The second-order valence-corrected chi connectivity index (χ2v) is 4.70. The third-order valence-corrected chi connectivity index (χ3v) is 3.48.